The molecule has 0 aliphatic rings. The number of hydrogen-bond acceptors (Lipinski definition) is 4. The van der Waals surface area contributed by atoms with E-state index in [-0.39, 0.29) is 22.0 Å². The van der Waals surface area contributed by atoms with Crippen LogP contribution in [0.5, 0.6) is 0 Å². The maximum Gasteiger partial charge on any atom is 0.155 e. The molecule has 2 aromatic heterocycles. The third-order valence-electron chi connectivity index (χ3n) is 1.98. The molecule has 0 N–H and O–H groups in total. The number of hydrogen-bond donors (Lipinski definition) is 0. The van der Waals surface area contributed by atoms with Gasteiger partial charge in [-0.2, -0.15) is 0 Å². The molecule has 0 bridgehead atoms. The summed E-state index contributed by atoms with van der Waals surface area (Å²) in [6.07, 6.45) is 4.12. The Hall–Kier alpha value is -1.88. The van der Waals surface area contributed by atoms with Gasteiger partial charge in [-0.05, 0) is 6.07 Å². The summed E-state index contributed by atoms with van der Waals surface area (Å²) in [7, 11) is 0. The van der Waals surface area contributed by atoms with Gasteiger partial charge < -0.3 is 0 Å². The molecule has 2 heterocycles. The van der Waals surface area contributed by atoms with Crippen LogP contribution in [-0.2, 0) is 0 Å². The van der Waals surface area contributed by atoms with E-state index in [2.05, 4.69) is 15.0 Å². The number of rotatable bonds is 2. The molecule has 0 amide bonds. The first-order valence-corrected chi connectivity index (χ1v) is 4.67. The van der Waals surface area contributed by atoms with Crippen LogP contribution in [0.1, 0.15) is 10.4 Å². The summed E-state index contributed by atoms with van der Waals surface area (Å²) in [4.78, 5) is 21.9. The van der Waals surface area contributed by atoms with Gasteiger partial charge in [-0.25, -0.2) is 14.4 Å². The number of carbonyl (C=O) groups excluding carboxylic acids is 1. The molecular formula is C10H5ClFN3O. The molecule has 0 saturated heterocycles. The summed E-state index contributed by atoms with van der Waals surface area (Å²) in [5, 5.41) is -0.00351. The van der Waals surface area contributed by atoms with Crippen LogP contribution in [0.15, 0.2) is 24.8 Å². The summed E-state index contributed by atoms with van der Waals surface area (Å²) in [5.41, 5.74) is 0.394. The molecule has 6 heteroatoms. The third-order valence-corrected chi connectivity index (χ3v) is 2.28. The maximum atomic E-state index is 13.4. The predicted molar refractivity (Wildman–Crippen MR) is 55.6 cm³/mol. The second-order valence-electron chi connectivity index (χ2n) is 2.90. The van der Waals surface area contributed by atoms with E-state index in [1.165, 1.54) is 18.6 Å². The van der Waals surface area contributed by atoms with E-state index in [4.69, 9.17) is 11.6 Å². The van der Waals surface area contributed by atoms with Crippen molar-refractivity contribution in [2.45, 2.75) is 0 Å². The number of nitrogens with zero attached hydrogens (tertiary/aromatic N) is 3. The Balaban J connectivity index is 2.69. The highest BCUT2D eigenvalue weighted by Gasteiger charge is 2.14. The van der Waals surface area contributed by atoms with Crippen LogP contribution in [0, 0.1) is 5.82 Å². The average Bonchev–Trinajstić information content (AvgIpc) is 2.29. The molecule has 0 fully saturated rings. The lowest BCUT2D eigenvalue weighted by Crippen LogP contribution is -1.97. The quantitative estimate of drug-likeness (QED) is 0.593. The number of carbonyl (C=O) groups is 1. The predicted octanol–water partition coefficient (Wildman–Crippen LogP) is 2.14. The number of aromatic nitrogens is 3. The lowest BCUT2D eigenvalue weighted by molar-refractivity contribution is 0.112. The first-order chi connectivity index (χ1) is 7.74. The Morgan fingerprint density at radius 2 is 2.19 bits per heavy atom. The monoisotopic (exact) mass is 237 g/mol. The second-order valence-corrected chi connectivity index (χ2v) is 3.26. The van der Waals surface area contributed by atoms with Crippen LogP contribution in [0.3, 0.4) is 0 Å². The summed E-state index contributed by atoms with van der Waals surface area (Å²) in [6.45, 7) is 0. The Labute approximate surface area is 95.1 Å². The van der Waals surface area contributed by atoms with Gasteiger partial charge in [0.1, 0.15) is 11.5 Å². The van der Waals surface area contributed by atoms with Crippen molar-refractivity contribution in [3.8, 4) is 11.3 Å². The topological polar surface area (TPSA) is 55.7 Å². The minimum absolute atomic E-state index is 0.00351. The van der Waals surface area contributed by atoms with Crippen molar-refractivity contribution in [3.63, 3.8) is 0 Å². The Bertz CT molecular complexity index is 547. The SMILES string of the molecule is O=Cc1c(Cl)ncnc1-c1ccncc1F. The highest BCUT2D eigenvalue weighted by molar-refractivity contribution is 6.32. The highest BCUT2D eigenvalue weighted by Crippen LogP contribution is 2.25. The van der Waals surface area contributed by atoms with Gasteiger partial charge in [0.2, 0.25) is 0 Å². The molecule has 80 valence electrons. The molecule has 0 aromatic carbocycles. The molecule has 0 unspecified atom stereocenters. The zero-order valence-corrected chi connectivity index (χ0v) is 8.65. The zero-order chi connectivity index (χ0) is 11.5. The first-order valence-electron chi connectivity index (χ1n) is 4.29. The first kappa shape index (κ1) is 10.6. The maximum absolute atomic E-state index is 13.4. The van der Waals surface area contributed by atoms with Crippen LogP contribution in [-0.4, -0.2) is 21.2 Å². The van der Waals surface area contributed by atoms with Crippen LogP contribution in [0.4, 0.5) is 4.39 Å². The Kier molecular flexibility index (Phi) is 2.87. The third kappa shape index (κ3) is 1.77. The van der Waals surface area contributed by atoms with Gasteiger partial charge in [-0.3, -0.25) is 9.78 Å². The van der Waals surface area contributed by atoms with Gasteiger partial charge in [0, 0.05) is 11.8 Å². The number of aldehydes is 1. The summed E-state index contributed by atoms with van der Waals surface area (Å²) >= 11 is 5.71. The summed E-state index contributed by atoms with van der Waals surface area (Å²) < 4.78 is 13.4. The lowest BCUT2D eigenvalue weighted by atomic mass is 10.1. The van der Waals surface area contributed by atoms with Crippen molar-refractivity contribution in [3.05, 3.63) is 41.3 Å². The van der Waals surface area contributed by atoms with Crippen LogP contribution in [0.2, 0.25) is 5.15 Å². The molecule has 0 atom stereocenters. The van der Waals surface area contributed by atoms with E-state index >= 15 is 0 Å². The summed E-state index contributed by atoms with van der Waals surface area (Å²) in [5.74, 6) is -0.569. The highest BCUT2D eigenvalue weighted by atomic mass is 35.5. The number of pyridine rings is 1. The minimum atomic E-state index is -0.569. The van der Waals surface area contributed by atoms with Crippen molar-refractivity contribution < 1.29 is 9.18 Å². The van der Waals surface area contributed by atoms with Crippen molar-refractivity contribution in [2.24, 2.45) is 0 Å². The van der Waals surface area contributed by atoms with Crippen LogP contribution in [0.25, 0.3) is 11.3 Å². The van der Waals surface area contributed by atoms with Gasteiger partial charge >= 0.3 is 0 Å². The molecule has 0 saturated carbocycles. The van der Waals surface area contributed by atoms with E-state index in [1.807, 2.05) is 0 Å². The fourth-order valence-electron chi connectivity index (χ4n) is 1.26. The number of halogens is 2. The fraction of sp³-hybridized carbons (Fsp3) is 0. The molecule has 2 aromatic rings. The average molecular weight is 238 g/mol. The zero-order valence-electron chi connectivity index (χ0n) is 7.89. The van der Waals surface area contributed by atoms with Crippen molar-refractivity contribution in [2.75, 3.05) is 0 Å². The van der Waals surface area contributed by atoms with E-state index in [0.717, 1.165) is 6.20 Å². The van der Waals surface area contributed by atoms with E-state index in [0.29, 0.717) is 6.29 Å². The fourth-order valence-corrected chi connectivity index (χ4v) is 1.44. The second kappa shape index (κ2) is 4.32. The Morgan fingerprint density at radius 3 is 2.88 bits per heavy atom. The molecule has 2 rings (SSSR count). The molecule has 16 heavy (non-hydrogen) atoms. The van der Waals surface area contributed by atoms with Gasteiger partial charge in [-0.15, -0.1) is 0 Å². The van der Waals surface area contributed by atoms with Crippen LogP contribution >= 0.6 is 11.6 Å². The van der Waals surface area contributed by atoms with Gasteiger partial charge in [0.05, 0.1) is 17.5 Å². The van der Waals surface area contributed by atoms with E-state index in [9.17, 15) is 9.18 Å². The van der Waals surface area contributed by atoms with E-state index < -0.39 is 5.82 Å². The van der Waals surface area contributed by atoms with Crippen molar-refractivity contribution in [1.82, 2.24) is 15.0 Å². The van der Waals surface area contributed by atoms with Gasteiger partial charge in [0.25, 0.3) is 0 Å². The minimum Gasteiger partial charge on any atom is -0.298 e. The largest absolute Gasteiger partial charge is 0.298 e. The van der Waals surface area contributed by atoms with Crippen molar-refractivity contribution in [1.29, 1.82) is 0 Å². The normalized spacial score (nSPS) is 10.1. The molecule has 0 spiro atoms. The lowest BCUT2D eigenvalue weighted by Gasteiger charge is -2.04. The molecule has 0 aliphatic heterocycles. The summed E-state index contributed by atoms with van der Waals surface area (Å²) in [6, 6.07) is 1.42. The smallest absolute Gasteiger partial charge is 0.155 e. The van der Waals surface area contributed by atoms with Crippen molar-refractivity contribution >= 4 is 17.9 Å². The molecular weight excluding hydrogens is 233 g/mol. The molecule has 4 nitrogen and oxygen atoms in total. The van der Waals surface area contributed by atoms with Gasteiger partial charge in [0.15, 0.2) is 12.1 Å². The standard InChI is InChI=1S/C10H5ClFN3O/c11-10-7(4-16)9(14-5-15-10)6-1-2-13-3-8(6)12/h1-5H. The Morgan fingerprint density at radius 1 is 1.38 bits per heavy atom. The molecule has 0 aliphatic carbocycles. The van der Waals surface area contributed by atoms with Crippen LogP contribution < -0.4 is 0 Å². The van der Waals surface area contributed by atoms with Gasteiger partial charge in [-0.1, -0.05) is 11.6 Å². The van der Waals surface area contributed by atoms with E-state index in [1.54, 1.807) is 0 Å². The molecule has 0 radical (unpaired) electrons.